The zero-order valence-corrected chi connectivity index (χ0v) is 16.4. The van der Waals surface area contributed by atoms with E-state index in [-0.39, 0.29) is 24.7 Å². The van der Waals surface area contributed by atoms with E-state index in [1.807, 2.05) is 6.07 Å². The molecule has 32 heavy (non-hydrogen) atoms. The zero-order valence-electron chi connectivity index (χ0n) is 16.4. The molecular formula is C22H15N3O7. The molecule has 0 unspecified atom stereocenters. The van der Waals surface area contributed by atoms with Crippen LogP contribution in [0.15, 0.2) is 64.6 Å². The van der Waals surface area contributed by atoms with Crippen molar-refractivity contribution >= 4 is 23.4 Å². The summed E-state index contributed by atoms with van der Waals surface area (Å²) >= 11 is 0. The third-order valence-electron chi connectivity index (χ3n) is 4.39. The van der Waals surface area contributed by atoms with Crippen LogP contribution in [0.4, 0.5) is 11.4 Å². The largest absolute Gasteiger partial charge is 0.486 e. The highest BCUT2D eigenvalue weighted by Crippen LogP contribution is 2.34. The lowest BCUT2D eigenvalue weighted by Crippen LogP contribution is -2.13. The number of rotatable bonds is 7. The number of hydrogen-bond acceptors (Lipinski definition) is 8. The second-order valence-electron chi connectivity index (χ2n) is 6.54. The number of hydrogen-bond donors (Lipinski definition) is 1. The summed E-state index contributed by atoms with van der Waals surface area (Å²) in [6.45, 7) is 0.182. The van der Waals surface area contributed by atoms with Crippen LogP contribution in [0.5, 0.6) is 17.2 Å². The Kier molecular flexibility index (Phi) is 5.72. The van der Waals surface area contributed by atoms with E-state index in [9.17, 15) is 20.2 Å². The van der Waals surface area contributed by atoms with E-state index in [2.05, 4.69) is 5.32 Å². The minimum Gasteiger partial charge on any atom is -0.486 e. The van der Waals surface area contributed by atoms with Crippen molar-refractivity contribution in [3.63, 3.8) is 0 Å². The van der Waals surface area contributed by atoms with Gasteiger partial charge in [0.05, 0.1) is 4.92 Å². The number of nitrogens with zero attached hydrogens (tertiary/aromatic N) is 2. The second-order valence-corrected chi connectivity index (χ2v) is 6.54. The molecule has 1 N–H and O–H groups in total. The number of ether oxygens (including phenoxy) is 3. The number of nitrogens with one attached hydrogen (secondary N) is 1. The summed E-state index contributed by atoms with van der Waals surface area (Å²) in [7, 11) is 0. The number of benzene rings is 2. The van der Waals surface area contributed by atoms with Crippen LogP contribution in [0, 0.1) is 21.4 Å². The normalized spacial score (nSPS) is 12.2. The highest BCUT2D eigenvalue weighted by molar-refractivity contribution is 6.09. The highest BCUT2D eigenvalue weighted by Gasteiger charge is 2.16. The number of nitro benzene ring substituents is 1. The Morgan fingerprint density at radius 2 is 1.94 bits per heavy atom. The monoisotopic (exact) mass is 433 g/mol. The van der Waals surface area contributed by atoms with Gasteiger partial charge in [0.2, 0.25) is 6.79 Å². The maximum Gasteiger partial charge on any atom is 0.269 e. The van der Waals surface area contributed by atoms with E-state index >= 15 is 0 Å². The summed E-state index contributed by atoms with van der Waals surface area (Å²) in [6.07, 6.45) is 1.32. The van der Waals surface area contributed by atoms with Gasteiger partial charge >= 0.3 is 0 Å². The standard InChI is InChI=1S/C22H15N3O7/c23-11-14(22(26)24-15-1-8-20-21(10-15)31-13-30-20)9-18-6-7-19(32-18)12-29-17-4-2-16(3-5-17)25(27)28/h1-10H,12-13H2,(H,24,26). The molecule has 0 fully saturated rings. The maximum atomic E-state index is 12.5. The van der Waals surface area contributed by atoms with E-state index in [1.54, 1.807) is 30.3 Å². The van der Waals surface area contributed by atoms with Crippen LogP contribution in [0.1, 0.15) is 11.5 Å². The zero-order chi connectivity index (χ0) is 22.5. The Labute approximate surface area is 181 Å². The van der Waals surface area contributed by atoms with Crippen LogP contribution in [-0.2, 0) is 11.4 Å². The predicted octanol–water partition coefficient (Wildman–Crippen LogP) is 4.04. The van der Waals surface area contributed by atoms with Crippen LogP contribution in [0.25, 0.3) is 6.08 Å². The molecule has 0 saturated heterocycles. The van der Waals surface area contributed by atoms with Crippen molar-refractivity contribution < 1.29 is 28.3 Å². The molecule has 1 amide bonds. The van der Waals surface area contributed by atoms with Gasteiger partial charge in [0.25, 0.3) is 11.6 Å². The number of nitriles is 1. The number of carbonyl (C=O) groups excluding carboxylic acids is 1. The minimum atomic E-state index is -0.605. The molecule has 0 atom stereocenters. The molecular weight excluding hydrogens is 418 g/mol. The number of carbonyl (C=O) groups is 1. The number of anilines is 1. The van der Waals surface area contributed by atoms with Gasteiger partial charge in [0.1, 0.15) is 35.5 Å². The fourth-order valence-electron chi connectivity index (χ4n) is 2.83. The molecule has 3 aromatic rings. The van der Waals surface area contributed by atoms with Crippen molar-refractivity contribution in [3.05, 3.63) is 81.8 Å². The Bertz CT molecular complexity index is 1240. The summed E-state index contributed by atoms with van der Waals surface area (Å²) in [5.41, 5.74) is 0.266. The molecule has 0 spiro atoms. The Morgan fingerprint density at radius 1 is 1.16 bits per heavy atom. The Hall–Kier alpha value is -4.78. The first kappa shape index (κ1) is 20.5. The number of fused-ring (bicyclic) bond motifs is 1. The topological polar surface area (TPSA) is 137 Å². The molecule has 0 radical (unpaired) electrons. The van der Waals surface area contributed by atoms with E-state index < -0.39 is 10.8 Å². The van der Waals surface area contributed by atoms with E-state index in [0.717, 1.165) is 0 Å². The van der Waals surface area contributed by atoms with Crippen molar-refractivity contribution in [2.45, 2.75) is 6.61 Å². The third-order valence-corrected chi connectivity index (χ3v) is 4.39. The Morgan fingerprint density at radius 3 is 2.69 bits per heavy atom. The van der Waals surface area contributed by atoms with Gasteiger partial charge in [-0.3, -0.25) is 14.9 Å². The van der Waals surface area contributed by atoms with Gasteiger partial charge in [-0.15, -0.1) is 0 Å². The summed E-state index contributed by atoms with van der Waals surface area (Å²) in [4.78, 5) is 22.6. The van der Waals surface area contributed by atoms with Crippen molar-refractivity contribution in [1.82, 2.24) is 0 Å². The molecule has 0 aliphatic carbocycles. The first-order valence-electron chi connectivity index (χ1n) is 9.30. The summed E-state index contributed by atoms with van der Waals surface area (Å²) in [6, 6.07) is 15.6. The average Bonchev–Trinajstić information content (AvgIpc) is 3.45. The molecule has 4 rings (SSSR count). The molecule has 10 heteroatoms. The van der Waals surface area contributed by atoms with E-state index in [0.29, 0.717) is 34.5 Å². The second kappa shape index (κ2) is 8.93. The van der Waals surface area contributed by atoms with Gasteiger partial charge in [-0.1, -0.05) is 0 Å². The first-order chi connectivity index (χ1) is 15.5. The fourth-order valence-corrected chi connectivity index (χ4v) is 2.83. The first-order valence-corrected chi connectivity index (χ1v) is 9.30. The average molecular weight is 433 g/mol. The van der Waals surface area contributed by atoms with Gasteiger partial charge in [-0.2, -0.15) is 5.26 Å². The smallest absolute Gasteiger partial charge is 0.269 e. The van der Waals surface area contributed by atoms with E-state index in [1.165, 1.54) is 30.3 Å². The number of nitro groups is 1. The van der Waals surface area contributed by atoms with Crippen LogP contribution in [-0.4, -0.2) is 17.6 Å². The molecule has 2 heterocycles. The molecule has 10 nitrogen and oxygen atoms in total. The van der Waals surface area contributed by atoms with E-state index in [4.69, 9.17) is 18.6 Å². The lowest BCUT2D eigenvalue weighted by molar-refractivity contribution is -0.384. The SMILES string of the molecule is N#CC(=Cc1ccc(COc2ccc([N+](=O)[O-])cc2)o1)C(=O)Nc1ccc2c(c1)OCO2. The fraction of sp³-hybridized carbons (Fsp3) is 0.0909. The summed E-state index contributed by atoms with van der Waals surface area (Å²) in [5, 5.41) is 22.7. The van der Waals surface area contributed by atoms with Gasteiger partial charge < -0.3 is 23.9 Å². The molecule has 1 aliphatic heterocycles. The molecule has 160 valence electrons. The van der Waals surface area contributed by atoms with Gasteiger partial charge in [0, 0.05) is 30.0 Å². The van der Waals surface area contributed by atoms with Crippen molar-refractivity contribution in [1.29, 1.82) is 5.26 Å². The number of non-ortho nitro benzene ring substituents is 1. The van der Waals surface area contributed by atoms with Gasteiger partial charge in [-0.05, 0) is 36.4 Å². The lowest BCUT2D eigenvalue weighted by Gasteiger charge is -2.05. The summed E-state index contributed by atoms with van der Waals surface area (Å²) in [5.74, 6) is 1.66. The number of furan rings is 1. The van der Waals surface area contributed by atoms with Gasteiger partial charge in [-0.25, -0.2) is 0 Å². The third kappa shape index (κ3) is 4.68. The van der Waals surface area contributed by atoms with Crippen molar-refractivity contribution in [3.8, 4) is 23.3 Å². The number of amides is 1. The van der Waals surface area contributed by atoms with Crippen LogP contribution < -0.4 is 19.5 Å². The van der Waals surface area contributed by atoms with Crippen molar-refractivity contribution in [2.24, 2.45) is 0 Å². The quantitative estimate of drug-likeness (QED) is 0.255. The van der Waals surface area contributed by atoms with Crippen molar-refractivity contribution in [2.75, 3.05) is 12.1 Å². The summed E-state index contributed by atoms with van der Waals surface area (Å²) < 4.78 is 21.6. The van der Waals surface area contributed by atoms with Crippen LogP contribution >= 0.6 is 0 Å². The predicted molar refractivity (Wildman–Crippen MR) is 111 cm³/mol. The molecule has 2 aromatic carbocycles. The molecule has 0 bridgehead atoms. The maximum absolute atomic E-state index is 12.5. The molecule has 1 aromatic heterocycles. The molecule has 1 aliphatic rings. The van der Waals surface area contributed by atoms with Crippen LogP contribution in [0.3, 0.4) is 0 Å². The lowest BCUT2D eigenvalue weighted by atomic mass is 10.2. The van der Waals surface area contributed by atoms with Gasteiger partial charge in [0.15, 0.2) is 11.5 Å². The molecule has 0 saturated carbocycles. The Balaban J connectivity index is 1.38. The highest BCUT2D eigenvalue weighted by atomic mass is 16.7. The van der Waals surface area contributed by atoms with Crippen LogP contribution in [0.2, 0.25) is 0 Å². The minimum absolute atomic E-state index is 0.0363.